The van der Waals surface area contributed by atoms with Crippen LogP contribution in [0.25, 0.3) is 0 Å². The zero-order chi connectivity index (χ0) is 11.3. The van der Waals surface area contributed by atoms with Gasteiger partial charge in [-0.3, -0.25) is 4.79 Å². The predicted molar refractivity (Wildman–Crippen MR) is 60.9 cm³/mol. The van der Waals surface area contributed by atoms with Gasteiger partial charge in [-0.2, -0.15) is 0 Å². The summed E-state index contributed by atoms with van der Waals surface area (Å²) in [6.45, 7) is 3.26. The second-order valence-electron chi connectivity index (χ2n) is 4.87. The molecule has 0 heterocycles. The number of nitrogens with zero attached hydrogens (tertiary/aromatic N) is 1. The summed E-state index contributed by atoms with van der Waals surface area (Å²) >= 11 is 0. The number of rotatable bonds is 6. The molecule has 0 aromatic carbocycles. The molecule has 1 fully saturated rings. The predicted octanol–water partition coefficient (Wildman–Crippen LogP) is 2.36. The maximum atomic E-state index is 10.5. The SMILES string of the molecule is CC(CCC(=O)O)N(C)CC1CCCC1. The van der Waals surface area contributed by atoms with E-state index < -0.39 is 5.97 Å². The molecule has 0 aliphatic heterocycles. The molecule has 15 heavy (non-hydrogen) atoms. The Morgan fingerprint density at radius 1 is 1.47 bits per heavy atom. The highest BCUT2D eigenvalue weighted by molar-refractivity contribution is 5.66. The summed E-state index contributed by atoms with van der Waals surface area (Å²) in [7, 11) is 2.12. The number of carbonyl (C=O) groups is 1. The van der Waals surface area contributed by atoms with Crippen LogP contribution >= 0.6 is 0 Å². The van der Waals surface area contributed by atoms with E-state index >= 15 is 0 Å². The minimum absolute atomic E-state index is 0.288. The molecule has 3 nitrogen and oxygen atoms in total. The number of aliphatic carboxylic acids is 1. The Morgan fingerprint density at radius 3 is 2.60 bits per heavy atom. The number of carboxylic acid groups (broad SMARTS) is 1. The van der Waals surface area contributed by atoms with Crippen molar-refractivity contribution in [2.75, 3.05) is 13.6 Å². The molecule has 0 spiro atoms. The van der Waals surface area contributed by atoms with Crippen molar-refractivity contribution in [2.24, 2.45) is 5.92 Å². The van der Waals surface area contributed by atoms with E-state index in [1.807, 2.05) is 0 Å². The normalized spacial score (nSPS) is 19.7. The lowest BCUT2D eigenvalue weighted by molar-refractivity contribution is -0.137. The van der Waals surface area contributed by atoms with Crippen molar-refractivity contribution in [3.8, 4) is 0 Å². The van der Waals surface area contributed by atoms with Gasteiger partial charge >= 0.3 is 5.97 Å². The van der Waals surface area contributed by atoms with E-state index in [1.54, 1.807) is 0 Å². The van der Waals surface area contributed by atoms with Crippen molar-refractivity contribution in [2.45, 2.75) is 51.5 Å². The van der Waals surface area contributed by atoms with Crippen molar-refractivity contribution >= 4 is 5.97 Å². The van der Waals surface area contributed by atoms with Crippen LogP contribution in [0.2, 0.25) is 0 Å². The van der Waals surface area contributed by atoms with Crippen molar-refractivity contribution in [1.29, 1.82) is 0 Å². The Kier molecular flexibility index (Phi) is 5.09. The second-order valence-corrected chi connectivity index (χ2v) is 4.87. The molecule has 1 rings (SSSR count). The van der Waals surface area contributed by atoms with E-state index in [0.29, 0.717) is 6.04 Å². The van der Waals surface area contributed by atoms with Crippen LogP contribution in [0.5, 0.6) is 0 Å². The molecule has 1 aliphatic rings. The molecule has 1 atom stereocenters. The van der Waals surface area contributed by atoms with E-state index in [1.165, 1.54) is 25.7 Å². The molecule has 0 bridgehead atoms. The standard InChI is InChI=1S/C12H23NO2/c1-10(7-8-12(14)15)13(2)9-11-5-3-4-6-11/h10-11H,3-9H2,1-2H3,(H,14,15). The van der Waals surface area contributed by atoms with Crippen LogP contribution in [-0.4, -0.2) is 35.6 Å². The molecule has 0 amide bonds. The molecule has 0 aromatic heterocycles. The summed E-state index contributed by atoms with van der Waals surface area (Å²) in [5.74, 6) is 0.165. The van der Waals surface area contributed by atoms with Gasteiger partial charge in [0.25, 0.3) is 0 Å². The topological polar surface area (TPSA) is 40.5 Å². The lowest BCUT2D eigenvalue weighted by Gasteiger charge is -2.27. The van der Waals surface area contributed by atoms with Gasteiger partial charge in [0, 0.05) is 19.0 Å². The zero-order valence-corrected chi connectivity index (χ0v) is 9.91. The van der Waals surface area contributed by atoms with Gasteiger partial charge < -0.3 is 10.0 Å². The number of carboxylic acids is 1. The van der Waals surface area contributed by atoms with Gasteiger partial charge in [0.1, 0.15) is 0 Å². The average Bonchev–Trinajstić information content (AvgIpc) is 2.66. The van der Waals surface area contributed by atoms with E-state index in [4.69, 9.17) is 5.11 Å². The molecule has 88 valence electrons. The summed E-state index contributed by atoms with van der Waals surface area (Å²) in [4.78, 5) is 12.8. The van der Waals surface area contributed by atoms with E-state index in [0.717, 1.165) is 18.9 Å². The Balaban J connectivity index is 2.19. The first-order valence-electron chi connectivity index (χ1n) is 6.01. The minimum Gasteiger partial charge on any atom is -0.481 e. The van der Waals surface area contributed by atoms with Gasteiger partial charge in [-0.15, -0.1) is 0 Å². The van der Waals surface area contributed by atoms with Crippen LogP contribution in [0, 0.1) is 5.92 Å². The molecular weight excluding hydrogens is 190 g/mol. The summed E-state index contributed by atoms with van der Waals surface area (Å²) in [5.41, 5.74) is 0. The Morgan fingerprint density at radius 2 is 2.07 bits per heavy atom. The van der Waals surface area contributed by atoms with Crippen LogP contribution in [-0.2, 0) is 4.79 Å². The third-order valence-electron chi connectivity index (χ3n) is 3.55. The highest BCUT2D eigenvalue weighted by Crippen LogP contribution is 2.25. The van der Waals surface area contributed by atoms with Crippen molar-refractivity contribution in [3.63, 3.8) is 0 Å². The monoisotopic (exact) mass is 213 g/mol. The molecule has 1 N–H and O–H groups in total. The van der Waals surface area contributed by atoms with Gasteiger partial charge in [0.15, 0.2) is 0 Å². The fraction of sp³-hybridized carbons (Fsp3) is 0.917. The second kappa shape index (κ2) is 6.11. The molecule has 0 aromatic rings. The van der Waals surface area contributed by atoms with Crippen molar-refractivity contribution in [1.82, 2.24) is 4.90 Å². The van der Waals surface area contributed by atoms with Crippen molar-refractivity contribution in [3.05, 3.63) is 0 Å². The lowest BCUT2D eigenvalue weighted by Crippen LogP contribution is -2.33. The number of hydrogen-bond donors (Lipinski definition) is 1. The van der Waals surface area contributed by atoms with E-state index in [-0.39, 0.29) is 6.42 Å². The van der Waals surface area contributed by atoms with Gasteiger partial charge in [0.2, 0.25) is 0 Å². The quantitative estimate of drug-likeness (QED) is 0.736. The van der Waals surface area contributed by atoms with Gasteiger partial charge in [-0.05, 0) is 39.2 Å². The third-order valence-corrected chi connectivity index (χ3v) is 3.55. The summed E-state index contributed by atoms with van der Waals surface area (Å²) in [5, 5.41) is 8.61. The van der Waals surface area contributed by atoms with Gasteiger partial charge in [0.05, 0.1) is 0 Å². The zero-order valence-electron chi connectivity index (χ0n) is 9.91. The number of hydrogen-bond acceptors (Lipinski definition) is 2. The minimum atomic E-state index is -0.684. The molecule has 0 saturated heterocycles. The Hall–Kier alpha value is -0.570. The molecular formula is C12H23NO2. The first kappa shape index (κ1) is 12.5. The first-order chi connectivity index (χ1) is 7.09. The molecule has 0 radical (unpaired) electrons. The summed E-state index contributed by atoms with van der Waals surface area (Å²) in [6.07, 6.45) is 6.52. The highest BCUT2D eigenvalue weighted by Gasteiger charge is 2.19. The largest absolute Gasteiger partial charge is 0.481 e. The van der Waals surface area contributed by atoms with Crippen LogP contribution in [0.15, 0.2) is 0 Å². The first-order valence-corrected chi connectivity index (χ1v) is 6.01. The maximum absolute atomic E-state index is 10.5. The average molecular weight is 213 g/mol. The third kappa shape index (κ3) is 4.65. The highest BCUT2D eigenvalue weighted by atomic mass is 16.4. The van der Waals surface area contributed by atoms with Crippen LogP contribution in [0.1, 0.15) is 45.4 Å². The fourth-order valence-corrected chi connectivity index (χ4v) is 2.33. The van der Waals surface area contributed by atoms with Crippen LogP contribution in [0.4, 0.5) is 0 Å². The van der Waals surface area contributed by atoms with E-state index in [9.17, 15) is 4.79 Å². The van der Waals surface area contributed by atoms with Gasteiger partial charge in [-0.25, -0.2) is 0 Å². The van der Waals surface area contributed by atoms with Crippen LogP contribution < -0.4 is 0 Å². The fourth-order valence-electron chi connectivity index (χ4n) is 2.33. The molecule has 3 heteroatoms. The molecule has 1 unspecified atom stereocenters. The molecule has 1 saturated carbocycles. The molecule has 1 aliphatic carbocycles. The summed E-state index contributed by atoms with van der Waals surface area (Å²) in [6, 6.07) is 0.390. The van der Waals surface area contributed by atoms with Crippen LogP contribution in [0.3, 0.4) is 0 Å². The summed E-state index contributed by atoms with van der Waals surface area (Å²) < 4.78 is 0. The van der Waals surface area contributed by atoms with Crippen molar-refractivity contribution < 1.29 is 9.90 Å². The smallest absolute Gasteiger partial charge is 0.303 e. The lowest BCUT2D eigenvalue weighted by atomic mass is 10.1. The Bertz CT molecular complexity index is 200. The van der Waals surface area contributed by atoms with Gasteiger partial charge in [-0.1, -0.05) is 12.8 Å². The Labute approximate surface area is 92.5 Å². The van der Waals surface area contributed by atoms with E-state index in [2.05, 4.69) is 18.9 Å². The maximum Gasteiger partial charge on any atom is 0.303 e.